The first-order valence-electron chi connectivity index (χ1n) is 9.11. The Bertz CT molecular complexity index is 886. The number of anilines is 1. The average molecular weight is 380 g/mol. The highest BCUT2D eigenvalue weighted by Gasteiger charge is 2.33. The number of carbonyl (C=O) groups is 2. The molecule has 2 aromatic rings. The molecule has 0 saturated carbocycles. The van der Waals surface area contributed by atoms with Crippen molar-refractivity contribution in [2.24, 2.45) is 5.73 Å². The van der Waals surface area contributed by atoms with E-state index < -0.39 is 0 Å². The first kappa shape index (κ1) is 19.6. The van der Waals surface area contributed by atoms with E-state index in [4.69, 9.17) is 10.5 Å². The number of hydrogen-bond donors (Lipinski definition) is 1. The number of hydrogen-bond acceptors (Lipinski definition) is 5. The summed E-state index contributed by atoms with van der Waals surface area (Å²) in [6.45, 7) is 0.847. The first-order valence-corrected chi connectivity index (χ1v) is 9.11. The van der Waals surface area contributed by atoms with E-state index in [-0.39, 0.29) is 11.9 Å². The van der Waals surface area contributed by atoms with Crippen molar-refractivity contribution in [2.75, 3.05) is 25.7 Å². The minimum Gasteiger partial charge on any atom is -0.498 e. The molecule has 6 nitrogen and oxygen atoms in total. The molecule has 2 aromatic carbocycles. The highest BCUT2D eigenvalue weighted by atomic mass is 16.5. The number of rotatable bonds is 7. The molecule has 0 fully saturated rings. The predicted molar refractivity (Wildman–Crippen MR) is 107 cm³/mol. The molecule has 2 N–H and O–H groups in total. The Morgan fingerprint density at radius 2 is 1.68 bits per heavy atom. The summed E-state index contributed by atoms with van der Waals surface area (Å²) in [5, 5.41) is 0. The number of benzene rings is 2. The summed E-state index contributed by atoms with van der Waals surface area (Å²) in [4.78, 5) is 26.1. The summed E-state index contributed by atoms with van der Waals surface area (Å²) in [7, 11) is 2.96. The van der Waals surface area contributed by atoms with Gasteiger partial charge in [-0.1, -0.05) is 36.4 Å². The zero-order valence-corrected chi connectivity index (χ0v) is 16.1. The monoisotopic (exact) mass is 380 g/mol. The van der Waals surface area contributed by atoms with Crippen LogP contribution in [0.15, 0.2) is 54.3 Å². The van der Waals surface area contributed by atoms with Gasteiger partial charge in [0.05, 0.1) is 26.3 Å². The van der Waals surface area contributed by atoms with Crippen molar-refractivity contribution in [1.82, 2.24) is 0 Å². The van der Waals surface area contributed by atoms with E-state index in [1.165, 1.54) is 7.11 Å². The molecule has 0 bridgehead atoms. The highest BCUT2D eigenvalue weighted by molar-refractivity contribution is 6.29. The number of aryl methyl sites for hydroxylation is 1. The third-order valence-corrected chi connectivity index (χ3v) is 4.86. The van der Waals surface area contributed by atoms with Crippen molar-refractivity contribution in [3.63, 3.8) is 0 Å². The molecule has 146 valence electrons. The molecule has 3 rings (SSSR count). The fraction of sp³-hybridized carbons (Fsp3) is 0.273. The van der Waals surface area contributed by atoms with Crippen LogP contribution in [-0.4, -0.2) is 32.6 Å². The maximum atomic E-state index is 13.1. The van der Waals surface area contributed by atoms with E-state index in [9.17, 15) is 9.59 Å². The first-order chi connectivity index (χ1) is 13.6. The highest BCUT2D eigenvalue weighted by Crippen LogP contribution is 2.32. The van der Waals surface area contributed by atoms with Crippen LogP contribution in [0.1, 0.15) is 23.1 Å². The van der Waals surface area contributed by atoms with Gasteiger partial charge in [-0.05, 0) is 35.2 Å². The van der Waals surface area contributed by atoms with Crippen molar-refractivity contribution in [3.05, 3.63) is 71.0 Å². The van der Waals surface area contributed by atoms with Crippen LogP contribution in [0.3, 0.4) is 0 Å². The Hall–Kier alpha value is -3.12. The molecule has 1 amide bonds. The van der Waals surface area contributed by atoms with Crippen molar-refractivity contribution in [2.45, 2.75) is 19.4 Å². The van der Waals surface area contributed by atoms with E-state index in [2.05, 4.69) is 4.74 Å². The summed E-state index contributed by atoms with van der Waals surface area (Å²) < 4.78 is 10.2. The number of nitrogens with two attached hydrogens (primary N) is 1. The summed E-state index contributed by atoms with van der Waals surface area (Å²) in [6.07, 6.45) is 0.921. The minimum absolute atomic E-state index is 0.0975. The summed E-state index contributed by atoms with van der Waals surface area (Å²) >= 11 is 0. The molecule has 1 heterocycles. The maximum absolute atomic E-state index is 13.1. The lowest BCUT2D eigenvalue weighted by molar-refractivity contribution is -0.140. The van der Waals surface area contributed by atoms with Gasteiger partial charge in [-0.2, -0.15) is 0 Å². The van der Waals surface area contributed by atoms with Crippen LogP contribution >= 0.6 is 0 Å². The van der Waals surface area contributed by atoms with Crippen LogP contribution < -0.4 is 10.6 Å². The molecule has 0 aromatic heterocycles. The standard InChI is InChI=1S/C22H24N2O4/c1-27-19-14-24(18-10-5-16(13-23)6-11-18)22(26)21(19)17-8-3-15(4-9-17)7-12-20(25)28-2/h3-6,8-11H,7,12-14,23H2,1-2H3. The fourth-order valence-corrected chi connectivity index (χ4v) is 3.21. The lowest BCUT2D eigenvalue weighted by atomic mass is 10.0. The molecule has 0 saturated heterocycles. The Kier molecular flexibility index (Phi) is 6.11. The van der Waals surface area contributed by atoms with E-state index in [1.54, 1.807) is 12.0 Å². The number of methoxy groups -OCH3 is 2. The van der Waals surface area contributed by atoms with E-state index in [0.29, 0.717) is 37.3 Å². The van der Waals surface area contributed by atoms with Gasteiger partial charge in [-0.15, -0.1) is 0 Å². The van der Waals surface area contributed by atoms with E-state index in [0.717, 1.165) is 22.4 Å². The number of amides is 1. The van der Waals surface area contributed by atoms with Crippen LogP contribution in [0, 0.1) is 0 Å². The van der Waals surface area contributed by atoms with Gasteiger partial charge in [0.2, 0.25) is 0 Å². The van der Waals surface area contributed by atoms with Gasteiger partial charge in [-0.3, -0.25) is 9.59 Å². The molecule has 0 spiro atoms. The summed E-state index contributed by atoms with van der Waals surface area (Å²) in [5.41, 5.74) is 9.83. The SMILES string of the molecule is COC(=O)CCc1ccc(C2=C(OC)CN(c3ccc(CN)cc3)C2=O)cc1. The third-order valence-electron chi connectivity index (χ3n) is 4.86. The molecule has 28 heavy (non-hydrogen) atoms. The van der Waals surface area contributed by atoms with Crippen molar-refractivity contribution < 1.29 is 19.1 Å². The van der Waals surface area contributed by atoms with Gasteiger partial charge in [0.25, 0.3) is 5.91 Å². The lowest BCUT2D eigenvalue weighted by Crippen LogP contribution is -2.26. The van der Waals surface area contributed by atoms with Crippen LogP contribution in [0.2, 0.25) is 0 Å². The molecule has 0 aliphatic carbocycles. The van der Waals surface area contributed by atoms with Gasteiger partial charge >= 0.3 is 5.97 Å². The normalized spacial score (nSPS) is 13.8. The average Bonchev–Trinajstić information content (AvgIpc) is 3.08. The Morgan fingerprint density at radius 3 is 2.25 bits per heavy atom. The van der Waals surface area contributed by atoms with Gasteiger partial charge in [0, 0.05) is 18.7 Å². The Labute approximate surface area is 164 Å². The maximum Gasteiger partial charge on any atom is 0.305 e. The Balaban J connectivity index is 1.79. The van der Waals surface area contributed by atoms with Crippen LogP contribution in [-0.2, 0) is 32.0 Å². The third kappa shape index (κ3) is 4.07. The molecular formula is C22H24N2O4. The molecule has 1 aliphatic rings. The van der Waals surface area contributed by atoms with E-state index in [1.807, 2.05) is 48.5 Å². The van der Waals surface area contributed by atoms with Crippen LogP contribution in [0.4, 0.5) is 5.69 Å². The number of esters is 1. The second-order valence-corrected chi connectivity index (χ2v) is 6.54. The molecule has 6 heteroatoms. The zero-order chi connectivity index (χ0) is 20.1. The predicted octanol–water partition coefficient (Wildman–Crippen LogP) is 2.66. The molecule has 1 aliphatic heterocycles. The van der Waals surface area contributed by atoms with E-state index >= 15 is 0 Å². The van der Waals surface area contributed by atoms with Gasteiger partial charge in [0.15, 0.2) is 0 Å². The topological polar surface area (TPSA) is 81.9 Å². The lowest BCUT2D eigenvalue weighted by Gasteiger charge is -2.17. The van der Waals surface area contributed by atoms with Crippen molar-refractivity contribution >= 4 is 23.1 Å². The second kappa shape index (κ2) is 8.71. The summed E-state index contributed by atoms with van der Waals surface area (Å²) in [5.74, 6) is 0.297. The quantitative estimate of drug-likeness (QED) is 0.747. The van der Waals surface area contributed by atoms with Gasteiger partial charge in [-0.25, -0.2) is 0 Å². The second-order valence-electron chi connectivity index (χ2n) is 6.54. The largest absolute Gasteiger partial charge is 0.498 e. The smallest absolute Gasteiger partial charge is 0.305 e. The number of ether oxygens (including phenoxy) is 2. The molecule has 0 unspecified atom stereocenters. The van der Waals surface area contributed by atoms with Crippen LogP contribution in [0.5, 0.6) is 0 Å². The van der Waals surface area contributed by atoms with Gasteiger partial charge in [0.1, 0.15) is 5.76 Å². The Morgan fingerprint density at radius 1 is 1.04 bits per heavy atom. The molecular weight excluding hydrogens is 356 g/mol. The van der Waals surface area contributed by atoms with Crippen molar-refractivity contribution in [1.29, 1.82) is 0 Å². The van der Waals surface area contributed by atoms with Gasteiger partial charge < -0.3 is 20.1 Å². The van der Waals surface area contributed by atoms with Crippen LogP contribution in [0.25, 0.3) is 5.57 Å². The molecule has 0 radical (unpaired) electrons. The van der Waals surface area contributed by atoms with Crippen molar-refractivity contribution in [3.8, 4) is 0 Å². The minimum atomic E-state index is -0.240. The summed E-state index contributed by atoms with van der Waals surface area (Å²) in [6, 6.07) is 15.2. The molecule has 0 atom stereocenters. The number of carbonyl (C=O) groups excluding carboxylic acids is 2. The fourth-order valence-electron chi connectivity index (χ4n) is 3.21. The number of nitrogens with zero attached hydrogens (tertiary/aromatic N) is 1. The zero-order valence-electron chi connectivity index (χ0n) is 16.1.